The molecular weight excluding hydrogens is 879 g/mol. The van der Waals surface area contributed by atoms with Gasteiger partial charge in [-0.1, -0.05) is 218 Å². The number of furan rings is 1. The first-order valence-electron chi connectivity index (χ1n) is 24.5. The maximum absolute atomic E-state index is 7.23. The highest BCUT2D eigenvalue weighted by molar-refractivity contribution is 7.26. The zero-order chi connectivity index (χ0) is 46.7. The van der Waals surface area contributed by atoms with E-state index in [-0.39, 0.29) is 0 Å². The Balaban J connectivity index is 1.10. The second kappa shape index (κ2) is 15.4. The van der Waals surface area contributed by atoms with Gasteiger partial charge in [0.05, 0.1) is 21.2 Å². The number of anilines is 3. The van der Waals surface area contributed by atoms with Gasteiger partial charge in [0.25, 0.3) is 0 Å². The van der Waals surface area contributed by atoms with E-state index in [9.17, 15) is 0 Å². The molecule has 0 unspecified atom stereocenters. The fourth-order valence-electron chi connectivity index (χ4n) is 12.8. The molecular formula is C68H43NOS. The van der Waals surface area contributed by atoms with Crippen LogP contribution in [0.1, 0.15) is 44.5 Å². The summed E-state index contributed by atoms with van der Waals surface area (Å²) in [5.41, 5.74) is 18.5. The average molecular weight is 922 g/mol. The van der Waals surface area contributed by atoms with Gasteiger partial charge in [-0.25, -0.2) is 0 Å². The molecule has 0 saturated heterocycles. The zero-order valence-corrected chi connectivity index (χ0v) is 39.4. The summed E-state index contributed by atoms with van der Waals surface area (Å²) in [6.45, 7) is 0. The highest BCUT2D eigenvalue weighted by atomic mass is 32.1. The van der Waals surface area contributed by atoms with Crippen molar-refractivity contribution in [2.75, 3.05) is 4.90 Å². The van der Waals surface area contributed by atoms with Crippen LogP contribution >= 0.6 is 11.3 Å². The van der Waals surface area contributed by atoms with Gasteiger partial charge in [-0.05, 0) is 104 Å². The lowest BCUT2D eigenvalue weighted by atomic mass is 9.67. The normalized spacial score (nSPS) is 13.9. The average Bonchev–Trinajstić information content (AvgIpc) is 4.18. The molecule has 0 N–H and O–H groups in total. The highest BCUT2D eigenvalue weighted by Crippen LogP contribution is 2.61. The van der Waals surface area contributed by atoms with Crippen molar-refractivity contribution in [1.29, 1.82) is 0 Å². The molecule has 71 heavy (non-hydrogen) atoms. The van der Waals surface area contributed by atoms with Gasteiger partial charge in [0.1, 0.15) is 11.2 Å². The molecule has 332 valence electrons. The van der Waals surface area contributed by atoms with Crippen molar-refractivity contribution in [1.82, 2.24) is 0 Å². The third-order valence-electron chi connectivity index (χ3n) is 15.6. The number of thiophene rings is 1. The molecule has 13 aromatic rings. The maximum Gasteiger partial charge on any atom is 0.140 e. The van der Waals surface area contributed by atoms with E-state index >= 15 is 0 Å². The van der Waals surface area contributed by atoms with Gasteiger partial charge in [-0.15, -0.1) is 11.3 Å². The molecule has 0 atom stereocenters. The Morgan fingerprint density at radius 1 is 0.324 bits per heavy atom. The first kappa shape index (κ1) is 40.2. The van der Waals surface area contributed by atoms with Crippen LogP contribution in [0, 0.1) is 0 Å². The lowest BCUT2D eigenvalue weighted by molar-refractivity contribution is 0.648. The van der Waals surface area contributed by atoms with E-state index in [4.69, 9.17) is 4.42 Å². The number of fused-ring (bicyclic) bond motifs is 12. The van der Waals surface area contributed by atoms with E-state index in [1.807, 2.05) is 11.3 Å². The van der Waals surface area contributed by atoms with Crippen LogP contribution in [0.3, 0.4) is 0 Å². The van der Waals surface area contributed by atoms with Gasteiger partial charge in [0.15, 0.2) is 0 Å². The summed E-state index contributed by atoms with van der Waals surface area (Å²) in [6.07, 6.45) is 0. The first-order chi connectivity index (χ1) is 35.2. The highest BCUT2D eigenvalue weighted by Gasteiger charge is 2.49. The Labute approximate surface area is 416 Å². The summed E-state index contributed by atoms with van der Waals surface area (Å²) in [4.78, 5) is 2.55. The Hall–Kier alpha value is -8.76. The van der Waals surface area contributed by atoms with Crippen molar-refractivity contribution < 1.29 is 4.42 Å². The number of nitrogens with zero attached hydrogens (tertiary/aromatic N) is 1. The van der Waals surface area contributed by atoms with Gasteiger partial charge in [-0.2, -0.15) is 0 Å². The summed E-state index contributed by atoms with van der Waals surface area (Å²) in [6, 6.07) is 96.8. The third kappa shape index (κ3) is 5.52. The Bertz CT molecular complexity index is 4160. The minimum absolute atomic E-state index is 0.579. The molecule has 0 bridgehead atoms. The van der Waals surface area contributed by atoms with Crippen molar-refractivity contribution >= 4 is 70.5 Å². The molecule has 2 nitrogen and oxygen atoms in total. The number of benzene rings is 11. The Kier molecular flexibility index (Phi) is 8.69. The molecule has 3 heteroatoms. The van der Waals surface area contributed by atoms with E-state index in [1.54, 1.807) is 0 Å². The van der Waals surface area contributed by atoms with Crippen LogP contribution in [0.4, 0.5) is 17.1 Å². The molecule has 0 radical (unpaired) electrons. The minimum atomic E-state index is -0.721. The Morgan fingerprint density at radius 2 is 0.817 bits per heavy atom. The van der Waals surface area contributed by atoms with Crippen molar-refractivity contribution in [3.63, 3.8) is 0 Å². The molecule has 0 aliphatic heterocycles. The molecule has 15 rings (SSSR count). The molecule has 2 aliphatic rings. The third-order valence-corrected chi connectivity index (χ3v) is 16.8. The fraction of sp³-hybridized carbons (Fsp3) is 0.0294. The SMILES string of the molecule is c1ccc(C2(c3ccccc3)c3ccccc3-c3ccc(N(c4cc(C5(c6ccccc6)c6ccccc6-c6ccccc65)c5oc6ccccc6c5c4)c4cccc5c4sc4ccccc45)cc32)cc1. The van der Waals surface area contributed by atoms with Crippen LogP contribution in [0.2, 0.25) is 0 Å². The van der Waals surface area contributed by atoms with Crippen molar-refractivity contribution in [3.05, 3.63) is 305 Å². The van der Waals surface area contributed by atoms with E-state index in [2.05, 4.69) is 266 Å². The van der Waals surface area contributed by atoms with Gasteiger partial charge in [-0.3, -0.25) is 0 Å². The van der Waals surface area contributed by atoms with Gasteiger partial charge < -0.3 is 9.32 Å². The van der Waals surface area contributed by atoms with Crippen molar-refractivity contribution in [3.8, 4) is 22.3 Å². The summed E-state index contributed by atoms with van der Waals surface area (Å²) in [5, 5.41) is 4.68. The first-order valence-corrected chi connectivity index (χ1v) is 25.3. The van der Waals surface area contributed by atoms with Crippen LogP contribution in [-0.2, 0) is 10.8 Å². The van der Waals surface area contributed by atoms with Crippen LogP contribution < -0.4 is 4.90 Å². The van der Waals surface area contributed by atoms with E-state index < -0.39 is 10.8 Å². The number of rotatable bonds is 7. The summed E-state index contributed by atoms with van der Waals surface area (Å²) >= 11 is 1.87. The lowest BCUT2D eigenvalue weighted by Gasteiger charge is -2.36. The molecule has 2 aromatic heterocycles. The van der Waals surface area contributed by atoms with Crippen molar-refractivity contribution in [2.24, 2.45) is 0 Å². The second-order valence-corrected chi connectivity index (χ2v) is 20.1. The van der Waals surface area contributed by atoms with Crippen LogP contribution in [0.5, 0.6) is 0 Å². The molecule has 2 heterocycles. The van der Waals surface area contributed by atoms with Crippen molar-refractivity contribution in [2.45, 2.75) is 10.8 Å². The topological polar surface area (TPSA) is 16.4 Å². The van der Waals surface area contributed by atoms with Gasteiger partial charge in [0.2, 0.25) is 0 Å². The largest absolute Gasteiger partial charge is 0.456 e. The number of para-hydroxylation sites is 1. The van der Waals surface area contributed by atoms with Crippen LogP contribution in [0.25, 0.3) is 64.4 Å². The minimum Gasteiger partial charge on any atom is -0.456 e. The molecule has 0 spiro atoms. The Morgan fingerprint density at radius 3 is 1.46 bits per heavy atom. The molecule has 0 saturated carbocycles. The maximum atomic E-state index is 7.23. The molecule has 0 amide bonds. The predicted octanol–water partition coefficient (Wildman–Crippen LogP) is 18.1. The zero-order valence-electron chi connectivity index (χ0n) is 38.6. The summed E-state index contributed by atoms with van der Waals surface area (Å²) in [5.74, 6) is 0. The summed E-state index contributed by atoms with van der Waals surface area (Å²) in [7, 11) is 0. The van der Waals surface area contributed by atoms with Crippen LogP contribution in [-0.4, -0.2) is 0 Å². The van der Waals surface area contributed by atoms with E-state index in [0.29, 0.717) is 0 Å². The lowest BCUT2D eigenvalue weighted by Crippen LogP contribution is -2.29. The van der Waals surface area contributed by atoms with Gasteiger partial charge >= 0.3 is 0 Å². The molecule has 0 fully saturated rings. The predicted molar refractivity (Wildman–Crippen MR) is 296 cm³/mol. The number of hydrogen-bond donors (Lipinski definition) is 0. The van der Waals surface area contributed by atoms with E-state index in [0.717, 1.165) is 44.6 Å². The fourth-order valence-corrected chi connectivity index (χ4v) is 14.0. The number of hydrogen-bond acceptors (Lipinski definition) is 3. The van der Waals surface area contributed by atoms with Crippen LogP contribution in [0.15, 0.2) is 265 Å². The van der Waals surface area contributed by atoms with E-state index in [1.165, 1.54) is 81.4 Å². The smallest absolute Gasteiger partial charge is 0.140 e. The monoisotopic (exact) mass is 921 g/mol. The second-order valence-electron chi connectivity index (χ2n) is 19.0. The van der Waals surface area contributed by atoms with Gasteiger partial charge in [0, 0.05) is 43.2 Å². The quantitative estimate of drug-likeness (QED) is 0.158. The standard InChI is InChI=1S/C68H43NOS/c1-4-21-44(22-5-1)67(45-23-6-2-7-24-45)57-33-15-10-29-51(57)52-40-39-47(42-60(52)67)69(62-36-20-32-55-54-31-14-19-38-64(54)71-66(55)62)48-41-56-53-30-13-18-37-63(53)70-65(56)61(43-48)68(46-25-8-3-9-26-46)58-34-16-11-27-49(58)50-28-12-17-35-59(50)68/h1-43H. The molecule has 11 aromatic carbocycles. The molecule has 2 aliphatic carbocycles. The summed E-state index contributed by atoms with van der Waals surface area (Å²) < 4.78 is 9.74.